The van der Waals surface area contributed by atoms with Crippen molar-refractivity contribution in [3.63, 3.8) is 0 Å². The fourth-order valence-electron chi connectivity index (χ4n) is 2.32. The number of fused-ring (bicyclic) bond motifs is 1. The van der Waals surface area contributed by atoms with Crippen molar-refractivity contribution in [3.8, 4) is 0 Å². The van der Waals surface area contributed by atoms with Crippen molar-refractivity contribution in [2.75, 3.05) is 5.32 Å². The Morgan fingerprint density at radius 1 is 1.46 bits per heavy atom. The van der Waals surface area contributed by atoms with Crippen LogP contribution in [0.5, 0.6) is 0 Å². The van der Waals surface area contributed by atoms with Crippen LogP contribution < -0.4 is 10.9 Å². The predicted octanol–water partition coefficient (Wildman–Crippen LogP) is 3.90. The molecule has 0 bridgehead atoms. The highest BCUT2D eigenvalue weighted by atomic mass is 32.2. The molecule has 3 rings (SSSR count). The van der Waals surface area contributed by atoms with E-state index in [0.29, 0.717) is 21.9 Å². The Kier molecular flexibility index (Phi) is 5.53. The fraction of sp³-hybridized carbons (Fsp3) is 0.167. The van der Waals surface area contributed by atoms with Gasteiger partial charge in [-0.3, -0.25) is 14.2 Å². The first kappa shape index (κ1) is 18.3. The summed E-state index contributed by atoms with van der Waals surface area (Å²) in [7, 11) is 0. The van der Waals surface area contributed by atoms with E-state index in [9.17, 15) is 14.0 Å². The van der Waals surface area contributed by atoms with E-state index >= 15 is 0 Å². The van der Waals surface area contributed by atoms with Gasteiger partial charge in [0, 0.05) is 6.54 Å². The van der Waals surface area contributed by atoms with Crippen LogP contribution in [0.4, 0.5) is 10.1 Å². The smallest absolute Gasteiger partial charge is 0.263 e. The Hall–Kier alpha value is -2.45. The van der Waals surface area contributed by atoms with E-state index in [1.807, 2.05) is 0 Å². The number of hydrogen-bond donors (Lipinski definition) is 1. The summed E-state index contributed by atoms with van der Waals surface area (Å²) in [6.45, 7) is 5.65. The monoisotopic (exact) mass is 389 g/mol. The van der Waals surface area contributed by atoms with Crippen LogP contribution >= 0.6 is 23.1 Å². The van der Waals surface area contributed by atoms with Crippen molar-refractivity contribution in [3.05, 3.63) is 64.5 Å². The summed E-state index contributed by atoms with van der Waals surface area (Å²) in [5.74, 6) is -0.870. The molecule has 0 unspecified atom stereocenters. The molecular formula is C18H16FN3O2S2. The molecule has 0 spiro atoms. The van der Waals surface area contributed by atoms with Gasteiger partial charge in [-0.15, -0.1) is 17.9 Å². The lowest BCUT2D eigenvalue weighted by Gasteiger charge is -2.15. The third-order valence-corrected chi connectivity index (χ3v) is 5.54. The Bertz CT molecular complexity index is 1030. The quantitative estimate of drug-likeness (QED) is 0.394. The second-order valence-electron chi connectivity index (χ2n) is 5.47. The van der Waals surface area contributed by atoms with Crippen LogP contribution in [-0.2, 0) is 11.3 Å². The van der Waals surface area contributed by atoms with Gasteiger partial charge in [0.15, 0.2) is 5.16 Å². The van der Waals surface area contributed by atoms with Crippen LogP contribution in [0, 0.1) is 5.82 Å². The number of para-hydroxylation sites is 1. The van der Waals surface area contributed by atoms with Crippen molar-refractivity contribution in [1.29, 1.82) is 0 Å². The predicted molar refractivity (Wildman–Crippen MR) is 104 cm³/mol. The zero-order valence-corrected chi connectivity index (χ0v) is 15.6. The van der Waals surface area contributed by atoms with Crippen LogP contribution in [0.15, 0.2) is 58.3 Å². The topological polar surface area (TPSA) is 64.0 Å². The molecule has 1 aromatic carbocycles. The van der Waals surface area contributed by atoms with Crippen molar-refractivity contribution < 1.29 is 9.18 Å². The van der Waals surface area contributed by atoms with E-state index in [2.05, 4.69) is 16.9 Å². The molecule has 0 saturated carbocycles. The first-order valence-corrected chi connectivity index (χ1v) is 9.58. The number of carbonyl (C=O) groups excluding carboxylic acids is 1. The maximum atomic E-state index is 13.7. The molecule has 0 radical (unpaired) electrons. The highest BCUT2D eigenvalue weighted by Crippen LogP contribution is 2.25. The molecule has 0 aliphatic carbocycles. The summed E-state index contributed by atoms with van der Waals surface area (Å²) in [4.78, 5) is 30.1. The molecule has 1 atom stereocenters. The molecule has 2 aromatic heterocycles. The number of carbonyl (C=O) groups is 1. The van der Waals surface area contributed by atoms with Crippen LogP contribution in [0.25, 0.3) is 10.2 Å². The van der Waals surface area contributed by atoms with E-state index in [1.54, 1.807) is 36.6 Å². The van der Waals surface area contributed by atoms with Crippen molar-refractivity contribution in [2.24, 2.45) is 0 Å². The number of allylic oxidation sites excluding steroid dienone is 1. The van der Waals surface area contributed by atoms with Gasteiger partial charge in [-0.25, -0.2) is 9.37 Å². The molecule has 26 heavy (non-hydrogen) atoms. The molecule has 2 heterocycles. The van der Waals surface area contributed by atoms with Gasteiger partial charge in [-0.2, -0.15) is 0 Å². The summed E-state index contributed by atoms with van der Waals surface area (Å²) < 4.78 is 15.2. The van der Waals surface area contributed by atoms with E-state index in [1.165, 1.54) is 28.0 Å². The zero-order valence-electron chi connectivity index (χ0n) is 13.9. The van der Waals surface area contributed by atoms with Gasteiger partial charge in [-0.05, 0) is 30.5 Å². The van der Waals surface area contributed by atoms with Gasteiger partial charge < -0.3 is 5.32 Å². The summed E-state index contributed by atoms with van der Waals surface area (Å²) in [5, 5.41) is 4.77. The van der Waals surface area contributed by atoms with Gasteiger partial charge in [0.1, 0.15) is 10.6 Å². The SMILES string of the molecule is C=CCn1c(S[C@@H](C)C(=O)Nc2ccccc2F)nc2sccc2c1=O. The summed E-state index contributed by atoms with van der Waals surface area (Å²) in [6, 6.07) is 7.70. The molecule has 1 N–H and O–H groups in total. The number of benzene rings is 1. The van der Waals surface area contributed by atoms with E-state index in [4.69, 9.17) is 0 Å². The molecule has 5 nitrogen and oxygen atoms in total. The number of aromatic nitrogens is 2. The molecule has 0 aliphatic heterocycles. The third-order valence-electron chi connectivity index (χ3n) is 3.64. The van der Waals surface area contributed by atoms with Crippen LogP contribution in [0.3, 0.4) is 0 Å². The van der Waals surface area contributed by atoms with Gasteiger partial charge in [0.2, 0.25) is 5.91 Å². The lowest BCUT2D eigenvalue weighted by molar-refractivity contribution is -0.115. The molecular weight excluding hydrogens is 373 g/mol. The lowest BCUT2D eigenvalue weighted by atomic mass is 10.3. The van der Waals surface area contributed by atoms with Crippen molar-refractivity contribution >= 4 is 44.9 Å². The van der Waals surface area contributed by atoms with Gasteiger partial charge in [-0.1, -0.05) is 30.0 Å². The maximum Gasteiger partial charge on any atom is 0.263 e. The normalized spacial score (nSPS) is 12.1. The molecule has 3 aromatic rings. The minimum atomic E-state index is -0.574. The van der Waals surface area contributed by atoms with E-state index in [0.717, 1.165) is 11.8 Å². The molecule has 0 aliphatic rings. The first-order valence-electron chi connectivity index (χ1n) is 7.82. The summed E-state index contributed by atoms with van der Waals surface area (Å²) >= 11 is 2.52. The highest BCUT2D eigenvalue weighted by molar-refractivity contribution is 8.00. The molecule has 0 saturated heterocycles. The molecule has 134 valence electrons. The second kappa shape index (κ2) is 7.84. The van der Waals surface area contributed by atoms with Gasteiger partial charge in [0.05, 0.1) is 16.3 Å². The van der Waals surface area contributed by atoms with Crippen LogP contribution in [-0.4, -0.2) is 20.7 Å². The number of nitrogens with one attached hydrogen (secondary N) is 1. The Labute approximate surface area is 157 Å². The molecule has 1 amide bonds. The average Bonchev–Trinajstić information content (AvgIpc) is 3.09. The van der Waals surface area contributed by atoms with Crippen LogP contribution in [0.1, 0.15) is 6.92 Å². The number of anilines is 1. The Morgan fingerprint density at radius 2 is 2.23 bits per heavy atom. The number of thioether (sulfide) groups is 1. The van der Waals surface area contributed by atoms with Gasteiger partial charge >= 0.3 is 0 Å². The number of hydrogen-bond acceptors (Lipinski definition) is 5. The van der Waals surface area contributed by atoms with Gasteiger partial charge in [0.25, 0.3) is 5.56 Å². The molecule has 0 fully saturated rings. The summed E-state index contributed by atoms with van der Waals surface area (Å²) in [5.41, 5.74) is -0.0459. The Morgan fingerprint density at radius 3 is 2.96 bits per heavy atom. The fourth-order valence-corrected chi connectivity index (χ4v) is 4.04. The Balaban J connectivity index is 1.86. The highest BCUT2D eigenvalue weighted by Gasteiger charge is 2.20. The number of nitrogens with zero attached hydrogens (tertiary/aromatic N) is 2. The zero-order chi connectivity index (χ0) is 18.7. The largest absolute Gasteiger partial charge is 0.323 e. The second-order valence-corrected chi connectivity index (χ2v) is 7.67. The van der Waals surface area contributed by atoms with Crippen LogP contribution in [0.2, 0.25) is 0 Å². The van der Waals surface area contributed by atoms with Crippen molar-refractivity contribution in [1.82, 2.24) is 9.55 Å². The standard InChI is InChI=1S/C18H16FN3O2S2/c1-3-9-22-17(24)12-8-10-25-16(12)21-18(22)26-11(2)15(23)20-14-7-5-4-6-13(14)19/h3-8,10-11H,1,9H2,2H3,(H,20,23)/t11-/m0/s1. The minimum absolute atomic E-state index is 0.120. The number of thiophene rings is 1. The number of halogens is 1. The molecule has 8 heteroatoms. The number of rotatable bonds is 6. The van der Waals surface area contributed by atoms with Crippen molar-refractivity contribution in [2.45, 2.75) is 23.9 Å². The average molecular weight is 389 g/mol. The van der Waals surface area contributed by atoms with E-state index < -0.39 is 11.1 Å². The third kappa shape index (κ3) is 3.71. The van der Waals surface area contributed by atoms with E-state index in [-0.39, 0.29) is 17.2 Å². The first-order chi connectivity index (χ1) is 12.5. The lowest BCUT2D eigenvalue weighted by Crippen LogP contribution is -2.26. The maximum absolute atomic E-state index is 13.7. The number of amides is 1. The minimum Gasteiger partial charge on any atom is -0.323 e. The summed E-state index contributed by atoms with van der Waals surface area (Å²) in [6.07, 6.45) is 1.61.